The maximum absolute atomic E-state index is 12.1. The van der Waals surface area contributed by atoms with Crippen LogP contribution in [0.15, 0.2) is 42.5 Å². The fourth-order valence-corrected chi connectivity index (χ4v) is 2.63. The first kappa shape index (κ1) is 12.2. The highest BCUT2D eigenvalue weighted by molar-refractivity contribution is 6.30. The second-order valence-corrected chi connectivity index (χ2v) is 5.40. The lowest BCUT2D eigenvalue weighted by atomic mass is 9.92. The van der Waals surface area contributed by atoms with E-state index >= 15 is 0 Å². The average molecular weight is 272 g/mol. The molecule has 0 spiro atoms. The maximum atomic E-state index is 12.1. The Kier molecular flexibility index (Phi) is 3.03. The lowest BCUT2D eigenvalue weighted by Gasteiger charge is -2.09. The van der Waals surface area contributed by atoms with Crippen LogP contribution in [0.2, 0.25) is 5.02 Å². The van der Waals surface area contributed by atoms with Crippen LogP contribution in [0.1, 0.15) is 22.6 Å². The maximum Gasteiger partial charge on any atom is 0.232 e. The van der Waals surface area contributed by atoms with Gasteiger partial charge in [-0.05, 0) is 42.7 Å². The molecule has 1 aliphatic rings. The molecule has 1 unspecified atom stereocenters. The molecule has 3 heteroatoms. The van der Waals surface area contributed by atoms with Crippen LogP contribution in [-0.4, -0.2) is 5.91 Å². The molecule has 96 valence electrons. The number of halogens is 1. The normalized spacial score (nSPS) is 17.2. The Labute approximate surface area is 117 Å². The molecule has 0 radical (unpaired) electrons. The Balaban J connectivity index is 1.91. The number of nitrogens with one attached hydrogen (secondary N) is 1. The minimum atomic E-state index is -0.101. The van der Waals surface area contributed by atoms with Crippen molar-refractivity contribution in [2.45, 2.75) is 19.3 Å². The summed E-state index contributed by atoms with van der Waals surface area (Å²) in [5, 5.41) is 3.66. The molecule has 2 nitrogen and oxygen atoms in total. The molecule has 1 heterocycles. The molecule has 1 atom stereocenters. The van der Waals surface area contributed by atoms with E-state index in [0.717, 1.165) is 21.8 Å². The van der Waals surface area contributed by atoms with Gasteiger partial charge < -0.3 is 5.32 Å². The molecule has 0 aliphatic carbocycles. The largest absolute Gasteiger partial charge is 0.325 e. The SMILES string of the molecule is Cc1ccc2c(c1)C(Cc1ccc(Cl)cc1)C(=O)N2. The van der Waals surface area contributed by atoms with Crippen LogP contribution in [0.5, 0.6) is 0 Å². The summed E-state index contributed by atoms with van der Waals surface area (Å²) < 4.78 is 0. The number of carbonyl (C=O) groups is 1. The molecule has 0 aromatic heterocycles. The number of anilines is 1. The molecule has 3 rings (SSSR count). The van der Waals surface area contributed by atoms with Crippen molar-refractivity contribution in [2.75, 3.05) is 5.32 Å². The van der Waals surface area contributed by atoms with Gasteiger partial charge >= 0.3 is 0 Å². The summed E-state index contributed by atoms with van der Waals surface area (Å²) in [5.41, 5.74) is 4.34. The number of hydrogen-bond acceptors (Lipinski definition) is 1. The van der Waals surface area contributed by atoms with Crippen LogP contribution in [0, 0.1) is 6.92 Å². The Morgan fingerprint density at radius 1 is 1.16 bits per heavy atom. The van der Waals surface area contributed by atoms with E-state index in [0.29, 0.717) is 6.42 Å². The number of benzene rings is 2. The molecule has 2 aromatic carbocycles. The molecule has 19 heavy (non-hydrogen) atoms. The molecule has 1 aliphatic heterocycles. The summed E-state index contributed by atoms with van der Waals surface area (Å²) in [7, 11) is 0. The van der Waals surface area contributed by atoms with Gasteiger partial charge in [-0.3, -0.25) is 4.79 Å². The van der Waals surface area contributed by atoms with E-state index in [4.69, 9.17) is 11.6 Å². The molecular formula is C16H14ClNO. The highest BCUT2D eigenvalue weighted by Crippen LogP contribution is 2.35. The molecule has 2 aromatic rings. The highest BCUT2D eigenvalue weighted by atomic mass is 35.5. The molecule has 0 fully saturated rings. The Morgan fingerprint density at radius 2 is 1.89 bits per heavy atom. The number of aryl methyl sites for hydroxylation is 1. The molecular weight excluding hydrogens is 258 g/mol. The number of carbonyl (C=O) groups excluding carboxylic acids is 1. The predicted molar refractivity (Wildman–Crippen MR) is 77.7 cm³/mol. The number of amides is 1. The first-order chi connectivity index (χ1) is 9.13. The van der Waals surface area contributed by atoms with E-state index in [1.807, 2.05) is 43.3 Å². The van der Waals surface area contributed by atoms with Crippen molar-refractivity contribution < 1.29 is 4.79 Å². The third-order valence-corrected chi connectivity index (χ3v) is 3.76. The third-order valence-electron chi connectivity index (χ3n) is 3.51. The molecule has 0 bridgehead atoms. The fourth-order valence-electron chi connectivity index (χ4n) is 2.50. The van der Waals surface area contributed by atoms with Crippen molar-refractivity contribution in [3.8, 4) is 0 Å². The summed E-state index contributed by atoms with van der Waals surface area (Å²) in [6.45, 7) is 2.04. The van der Waals surface area contributed by atoms with Crippen molar-refractivity contribution in [3.05, 3.63) is 64.2 Å². The van der Waals surface area contributed by atoms with Crippen LogP contribution in [0.25, 0.3) is 0 Å². The number of fused-ring (bicyclic) bond motifs is 1. The van der Waals surface area contributed by atoms with Crippen LogP contribution in [-0.2, 0) is 11.2 Å². The quantitative estimate of drug-likeness (QED) is 0.881. The zero-order valence-electron chi connectivity index (χ0n) is 10.6. The lowest BCUT2D eigenvalue weighted by Crippen LogP contribution is -2.14. The second-order valence-electron chi connectivity index (χ2n) is 4.96. The second kappa shape index (κ2) is 4.71. The highest BCUT2D eigenvalue weighted by Gasteiger charge is 2.30. The van der Waals surface area contributed by atoms with Gasteiger partial charge in [0.25, 0.3) is 0 Å². The van der Waals surface area contributed by atoms with Crippen LogP contribution >= 0.6 is 11.6 Å². The van der Waals surface area contributed by atoms with Crippen molar-refractivity contribution >= 4 is 23.2 Å². The van der Waals surface area contributed by atoms with Gasteiger partial charge in [-0.2, -0.15) is 0 Å². The summed E-state index contributed by atoms with van der Waals surface area (Å²) in [5.74, 6) is -0.0216. The van der Waals surface area contributed by atoms with Gasteiger partial charge in [0.2, 0.25) is 5.91 Å². The van der Waals surface area contributed by atoms with Gasteiger partial charge in [0.15, 0.2) is 0 Å². The standard InChI is InChI=1S/C16H14ClNO/c1-10-2-7-15-13(8-10)14(16(19)18-15)9-11-3-5-12(17)6-4-11/h2-8,14H,9H2,1H3,(H,18,19). The Bertz CT molecular complexity index is 634. The topological polar surface area (TPSA) is 29.1 Å². The summed E-state index contributed by atoms with van der Waals surface area (Å²) in [4.78, 5) is 12.1. The van der Waals surface area contributed by atoms with Crippen LogP contribution in [0.4, 0.5) is 5.69 Å². The van der Waals surface area contributed by atoms with Crippen LogP contribution < -0.4 is 5.32 Å². The van der Waals surface area contributed by atoms with E-state index in [9.17, 15) is 4.79 Å². The van der Waals surface area contributed by atoms with Gasteiger partial charge in [-0.1, -0.05) is 41.4 Å². The van der Waals surface area contributed by atoms with E-state index < -0.39 is 0 Å². The number of rotatable bonds is 2. The zero-order valence-corrected chi connectivity index (χ0v) is 11.4. The molecule has 1 amide bonds. The first-order valence-electron chi connectivity index (χ1n) is 6.29. The number of hydrogen-bond donors (Lipinski definition) is 1. The zero-order chi connectivity index (χ0) is 13.4. The third kappa shape index (κ3) is 2.36. The van der Waals surface area contributed by atoms with Crippen molar-refractivity contribution in [3.63, 3.8) is 0 Å². The predicted octanol–water partition coefficient (Wildman–Crippen LogP) is 3.93. The van der Waals surface area contributed by atoms with Gasteiger partial charge in [-0.15, -0.1) is 0 Å². The minimum Gasteiger partial charge on any atom is -0.325 e. The minimum absolute atomic E-state index is 0.0792. The first-order valence-corrected chi connectivity index (χ1v) is 6.67. The lowest BCUT2D eigenvalue weighted by molar-refractivity contribution is -0.117. The fraction of sp³-hybridized carbons (Fsp3) is 0.188. The Morgan fingerprint density at radius 3 is 2.63 bits per heavy atom. The van der Waals surface area contributed by atoms with E-state index in [2.05, 4.69) is 11.4 Å². The van der Waals surface area contributed by atoms with Gasteiger partial charge in [-0.25, -0.2) is 0 Å². The van der Waals surface area contributed by atoms with E-state index in [-0.39, 0.29) is 11.8 Å². The molecule has 1 N–H and O–H groups in total. The van der Waals surface area contributed by atoms with Crippen molar-refractivity contribution in [1.29, 1.82) is 0 Å². The van der Waals surface area contributed by atoms with Crippen molar-refractivity contribution in [1.82, 2.24) is 0 Å². The van der Waals surface area contributed by atoms with Gasteiger partial charge in [0.05, 0.1) is 5.92 Å². The smallest absolute Gasteiger partial charge is 0.232 e. The molecule has 0 saturated carbocycles. The Hall–Kier alpha value is -1.80. The van der Waals surface area contributed by atoms with E-state index in [1.165, 1.54) is 5.56 Å². The monoisotopic (exact) mass is 271 g/mol. The summed E-state index contributed by atoms with van der Waals surface area (Å²) >= 11 is 5.88. The van der Waals surface area contributed by atoms with Crippen LogP contribution in [0.3, 0.4) is 0 Å². The van der Waals surface area contributed by atoms with Gasteiger partial charge in [0, 0.05) is 10.7 Å². The molecule has 0 saturated heterocycles. The van der Waals surface area contributed by atoms with Gasteiger partial charge in [0.1, 0.15) is 0 Å². The summed E-state index contributed by atoms with van der Waals surface area (Å²) in [6.07, 6.45) is 0.708. The summed E-state index contributed by atoms with van der Waals surface area (Å²) in [6, 6.07) is 13.8. The average Bonchev–Trinajstić information content (AvgIpc) is 2.69. The van der Waals surface area contributed by atoms with E-state index in [1.54, 1.807) is 0 Å². The van der Waals surface area contributed by atoms with Crippen molar-refractivity contribution in [2.24, 2.45) is 0 Å².